The Morgan fingerprint density at radius 1 is 1.00 bits per heavy atom. The first-order valence-electron chi connectivity index (χ1n) is 9.57. The number of hydrogen-bond acceptors (Lipinski definition) is 3. The molecule has 0 aliphatic carbocycles. The van der Waals surface area contributed by atoms with E-state index in [2.05, 4.69) is 89.4 Å². The molecule has 1 aliphatic rings. The van der Waals surface area contributed by atoms with Crippen LogP contribution in [0.2, 0.25) is 0 Å². The van der Waals surface area contributed by atoms with Crippen LogP contribution in [0.3, 0.4) is 0 Å². The average molecular weight is 348 g/mol. The van der Waals surface area contributed by atoms with Crippen molar-refractivity contribution in [2.24, 2.45) is 0 Å². The molecule has 1 aliphatic heterocycles. The summed E-state index contributed by atoms with van der Waals surface area (Å²) in [6, 6.07) is 19.2. The van der Waals surface area contributed by atoms with Gasteiger partial charge in [0.15, 0.2) is 0 Å². The van der Waals surface area contributed by atoms with Crippen molar-refractivity contribution in [2.45, 2.75) is 26.2 Å². The van der Waals surface area contributed by atoms with Crippen LogP contribution in [0.5, 0.6) is 0 Å². The Morgan fingerprint density at radius 2 is 1.73 bits per heavy atom. The van der Waals surface area contributed by atoms with Gasteiger partial charge in [-0.15, -0.1) is 6.58 Å². The number of anilines is 3. The zero-order chi connectivity index (χ0) is 18.2. The van der Waals surface area contributed by atoms with E-state index in [0.717, 1.165) is 19.6 Å². The van der Waals surface area contributed by atoms with Gasteiger partial charge in [-0.2, -0.15) is 0 Å². The van der Waals surface area contributed by atoms with Gasteiger partial charge < -0.3 is 15.1 Å². The minimum atomic E-state index is 0.827. The Balaban J connectivity index is 1.96. The Labute approximate surface area is 157 Å². The fourth-order valence-corrected chi connectivity index (χ4v) is 3.34. The van der Waals surface area contributed by atoms with E-state index in [4.69, 9.17) is 0 Å². The molecule has 2 aromatic rings. The molecule has 0 unspecified atom stereocenters. The molecule has 136 valence electrons. The molecule has 3 heteroatoms. The lowest BCUT2D eigenvalue weighted by Crippen LogP contribution is -2.30. The van der Waals surface area contributed by atoms with Crippen molar-refractivity contribution >= 4 is 17.1 Å². The number of hydrogen-bond donors (Lipinski definition) is 1. The summed E-state index contributed by atoms with van der Waals surface area (Å²) in [4.78, 5) is 4.67. The summed E-state index contributed by atoms with van der Waals surface area (Å²) in [5.74, 6) is 0. The summed E-state index contributed by atoms with van der Waals surface area (Å²) in [5.41, 5.74) is 4.85. The van der Waals surface area contributed by atoms with Gasteiger partial charge in [0.2, 0.25) is 0 Å². The van der Waals surface area contributed by atoms with Crippen LogP contribution in [-0.2, 0) is 0 Å². The van der Waals surface area contributed by atoms with Gasteiger partial charge in [-0.25, -0.2) is 0 Å². The van der Waals surface area contributed by atoms with Crippen molar-refractivity contribution in [2.75, 3.05) is 29.4 Å². The van der Waals surface area contributed by atoms with Crippen molar-refractivity contribution in [3.8, 4) is 0 Å². The third kappa shape index (κ3) is 4.29. The Bertz CT molecular complexity index is 736. The predicted molar refractivity (Wildman–Crippen MR) is 113 cm³/mol. The van der Waals surface area contributed by atoms with Crippen molar-refractivity contribution in [3.63, 3.8) is 0 Å². The molecule has 0 radical (unpaired) electrons. The second-order valence-corrected chi connectivity index (χ2v) is 6.65. The van der Waals surface area contributed by atoms with E-state index in [1.165, 1.54) is 42.0 Å². The van der Waals surface area contributed by atoms with Crippen molar-refractivity contribution in [1.29, 1.82) is 0 Å². The normalized spacial score (nSPS) is 13.7. The lowest BCUT2D eigenvalue weighted by Gasteiger charge is -2.26. The quantitative estimate of drug-likeness (QED) is 0.506. The predicted octanol–water partition coefficient (Wildman–Crippen LogP) is 5.45. The molecule has 0 fully saturated rings. The highest BCUT2D eigenvalue weighted by Gasteiger charge is 2.21. The standard InChI is InChI=1S/C23H29N3/c1-3-5-11-16-24-20-18-25(17-4-2)22-14-9-10-15-23(22)26(19-20)21-12-7-6-8-13-21/h4,6-10,12-15,19,24H,2-3,5,11,16-18H2,1H3. The van der Waals surface area contributed by atoms with Gasteiger partial charge in [-0.3, -0.25) is 0 Å². The molecule has 3 rings (SSSR count). The number of benzene rings is 2. The third-order valence-corrected chi connectivity index (χ3v) is 4.64. The second kappa shape index (κ2) is 9.14. The molecule has 0 saturated heterocycles. The number of unbranched alkanes of at least 4 members (excludes halogenated alkanes) is 2. The average Bonchev–Trinajstić information content (AvgIpc) is 2.84. The van der Waals surface area contributed by atoms with Crippen molar-refractivity contribution in [3.05, 3.63) is 79.1 Å². The van der Waals surface area contributed by atoms with E-state index in [0.29, 0.717) is 0 Å². The van der Waals surface area contributed by atoms with Crippen LogP contribution in [0.4, 0.5) is 17.1 Å². The van der Waals surface area contributed by atoms with Crippen LogP contribution in [0.25, 0.3) is 0 Å². The lowest BCUT2D eigenvalue weighted by atomic mass is 10.2. The SMILES string of the molecule is C=CCN1CC(NCCCCC)=CN(c2ccccc2)c2ccccc21. The first kappa shape index (κ1) is 18.1. The minimum absolute atomic E-state index is 0.827. The molecule has 0 spiro atoms. The summed E-state index contributed by atoms with van der Waals surface area (Å²) in [5, 5.41) is 3.66. The van der Waals surface area contributed by atoms with Gasteiger partial charge in [0.1, 0.15) is 0 Å². The van der Waals surface area contributed by atoms with Gasteiger partial charge in [0, 0.05) is 30.7 Å². The van der Waals surface area contributed by atoms with Crippen LogP contribution in [0.15, 0.2) is 79.1 Å². The maximum Gasteiger partial charge on any atom is 0.0690 e. The summed E-state index contributed by atoms with van der Waals surface area (Å²) in [6.45, 7) is 8.89. The maximum absolute atomic E-state index is 3.95. The molecule has 1 N–H and O–H groups in total. The Kier molecular flexibility index (Phi) is 6.37. The summed E-state index contributed by atoms with van der Waals surface area (Å²) in [6.07, 6.45) is 7.94. The van der Waals surface area contributed by atoms with E-state index in [1.807, 2.05) is 6.08 Å². The van der Waals surface area contributed by atoms with Crippen LogP contribution in [0.1, 0.15) is 26.2 Å². The number of rotatable bonds is 8. The molecule has 0 saturated carbocycles. The van der Waals surface area contributed by atoms with Crippen LogP contribution >= 0.6 is 0 Å². The molecular formula is C23H29N3. The highest BCUT2D eigenvalue weighted by atomic mass is 15.2. The van der Waals surface area contributed by atoms with E-state index in [1.54, 1.807) is 0 Å². The van der Waals surface area contributed by atoms with Gasteiger partial charge in [0.05, 0.1) is 17.9 Å². The second-order valence-electron chi connectivity index (χ2n) is 6.65. The summed E-state index contributed by atoms with van der Waals surface area (Å²) >= 11 is 0. The molecule has 3 nitrogen and oxygen atoms in total. The van der Waals surface area contributed by atoms with Gasteiger partial charge >= 0.3 is 0 Å². The topological polar surface area (TPSA) is 18.5 Å². The zero-order valence-corrected chi connectivity index (χ0v) is 15.7. The fraction of sp³-hybridized carbons (Fsp3) is 0.304. The molecule has 0 bridgehead atoms. The minimum Gasteiger partial charge on any atom is -0.386 e. The maximum atomic E-state index is 3.95. The monoisotopic (exact) mass is 347 g/mol. The van der Waals surface area contributed by atoms with Gasteiger partial charge in [-0.1, -0.05) is 56.2 Å². The molecule has 1 heterocycles. The summed E-state index contributed by atoms with van der Waals surface area (Å²) in [7, 11) is 0. The molecule has 0 atom stereocenters. The molecule has 0 aromatic heterocycles. The van der Waals surface area contributed by atoms with Crippen molar-refractivity contribution in [1.82, 2.24) is 5.32 Å². The highest BCUT2D eigenvalue weighted by Crippen LogP contribution is 2.37. The number of fused-ring (bicyclic) bond motifs is 1. The highest BCUT2D eigenvalue weighted by molar-refractivity contribution is 5.80. The zero-order valence-electron chi connectivity index (χ0n) is 15.7. The number of nitrogens with one attached hydrogen (secondary N) is 1. The Morgan fingerprint density at radius 3 is 2.46 bits per heavy atom. The number of para-hydroxylation sites is 3. The Hall–Kier alpha value is -2.68. The first-order chi connectivity index (χ1) is 12.8. The molecular weight excluding hydrogens is 318 g/mol. The van der Waals surface area contributed by atoms with Gasteiger partial charge in [0.25, 0.3) is 0 Å². The van der Waals surface area contributed by atoms with Crippen molar-refractivity contribution < 1.29 is 0 Å². The molecule has 26 heavy (non-hydrogen) atoms. The van der Waals surface area contributed by atoms with Crippen LogP contribution in [0, 0.1) is 0 Å². The smallest absolute Gasteiger partial charge is 0.0690 e. The third-order valence-electron chi connectivity index (χ3n) is 4.64. The van der Waals surface area contributed by atoms with E-state index < -0.39 is 0 Å². The first-order valence-corrected chi connectivity index (χ1v) is 9.57. The molecule has 2 aromatic carbocycles. The van der Waals surface area contributed by atoms with E-state index >= 15 is 0 Å². The van der Waals surface area contributed by atoms with E-state index in [9.17, 15) is 0 Å². The molecule has 0 amide bonds. The van der Waals surface area contributed by atoms with Gasteiger partial charge in [-0.05, 0) is 30.7 Å². The fourth-order valence-electron chi connectivity index (χ4n) is 3.34. The number of nitrogens with zero attached hydrogens (tertiary/aromatic N) is 2. The van der Waals surface area contributed by atoms with Crippen LogP contribution < -0.4 is 15.1 Å². The van der Waals surface area contributed by atoms with Crippen LogP contribution in [-0.4, -0.2) is 19.6 Å². The largest absolute Gasteiger partial charge is 0.386 e. The van der Waals surface area contributed by atoms with E-state index in [-0.39, 0.29) is 0 Å². The lowest BCUT2D eigenvalue weighted by molar-refractivity contribution is 0.656. The summed E-state index contributed by atoms with van der Waals surface area (Å²) < 4.78 is 0.